The van der Waals surface area contributed by atoms with E-state index in [1.54, 1.807) is 42.6 Å². The molecular formula is C42H59ClN12O6. The summed E-state index contributed by atoms with van der Waals surface area (Å²) in [6.45, 7) is 16.4. The number of ether oxygens (including phenoxy) is 2. The van der Waals surface area contributed by atoms with Crippen LogP contribution in [0.3, 0.4) is 0 Å². The van der Waals surface area contributed by atoms with Crippen molar-refractivity contribution in [1.29, 1.82) is 0 Å². The van der Waals surface area contributed by atoms with Gasteiger partial charge in [-0.2, -0.15) is 0 Å². The number of hydrogen-bond donors (Lipinski definition) is 2. The maximum atomic E-state index is 13.5. The molecule has 5 aliphatic rings. The molecule has 0 unspecified atom stereocenters. The number of halogens is 1. The molecule has 0 atom stereocenters. The first-order chi connectivity index (χ1) is 29.2. The molecular weight excluding hydrogens is 804 g/mol. The van der Waals surface area contributed by atoms with Gasteiger partial charge in [-0.05, 0) is 83.7 Å². The van der Waals surface area contributed by atoms with Crippen molar-refractivity contribution in [3.63, 3.8) is 0 Å². The highest BCUT2D eigenvalue weighted by Gasteiger charge is 2.51. The monoisotopic (exact) mass is 862 g/mol. The van der Waals surface area contributed by atoms with Gasteiger partial charge >= 0.3 is 6.09 Å². The molecule has 4 amide bonds. The molecule has 2 N–H and O–H groups in total. The third-order valence-corrected chi connectivity index (χ3v) is 12.3. The Balaban J connectivity index is 0.847. The molecule has 4 aliphatic heterocycles. The molecule has 0 spiro atoms. The summed E-state index contributed by atoms with van der Waals surface area (Å²) >= 11 is 6.48. The van der Waals surface area contributed by atoms with Crippen molar-refractivity contribution in [3.8, 4) is 0 Å². The Bertz CT molecular complexity index is 1970. The van der Waals surface area contributed by atoms with Gasteiger partial charge in [-0.1, -0.05) is 23.7 Å². The van der Waals surface area contributed by atoms with E-state index in [4.69, 9.17) is 21.1 Å². The van der Waals surface area contributed by atoms with Crippen molar-refractivity contribution in [2.24, 2.45) is 0 Å². The van der Waals surface area contributed by atoms with Crippen LogP contribution in [0.5, 0.6) is 0 Å². The zero-order valence-corrected chi connectivity index (χ0v) is 36.5. The summed E-state index contributed by atoms with van der Waals surface area (Å²) in [5.41, 5.74) is 0.431. The van der Waals surface area contributed by atoms with Gasteiger partial charge in [0, 0.05) is 71.6 Å². The van der Waals surface area contributed by atoms with Crippen LogP contribution < -0.4 is 15.5 Å². The molecule has 0 radical (unpaired) electrons. The fraction of sp³-hybridized carbons (Fsp3) is 0.619. The lowest BCUT2D eigenvalue weighted by Gasteiger charge is -2.54. The topological polar surface area (TPSA) is 183 Å². The van der Waals surface area contributed by atoms with Gasteiger partial charge in [0.1, 0.15) is 23.5 Å². The van der Waals surface area contributed by atoms with E-state index in [1.165, 1.54) is 17.2 Å². The second kappa shape index (κ2) is 19.0. The Morgan fingerprint density at radius 2 is 1.64 bits per heavy atom. The van der Waals surface area contributed by atoms with Crippen LogP contribution in [0.4, 0.5) is 16.2 Å². The van der Waals surface area contributed by atoms with Gasteiger partial charge in [0.25, 0.3) is 11.8 Å². The Morgan fingerprint density at radius 3 is 2.25 bits per heavy atom. The highest BCUT2D eigenvalue weighted by Crippen LogP contribution is 2.44. The number of piperazine rings is 2. The normalized spacial score (nSPS) is 22.2. The van der Waals surface area contributed by atoms with Crippen molar-refractivity contribution in [3.05, 3.63) is 59.4 Å². The Morgan fingerprint density at radius 1 is 0.918 bits per heavy atom. The van der Waals surface area contributed by atoms with Gasteiger partial charge in [0.15, 0.2) is 5.15 Å². The third kappa shape index (κ3) is 11.3. The van der Waals surface area contributed by atoms with Crippen LogP contribution in [0.15, 0.2) is 42.9 Å². The molecule has 61 heavy (non-hydrogen) atoms. The van der Waals surface area contributed by atoms with Crippen molar-refractivity contribution < 1.29 is 28.7 Å². The summed E-state index contributed by atoms with van der Waals surface area (Å²) in [7, 11) is 0. The highest BCUT2D eigenvalue weighted by atomic mass is 35.5. The number of amides is 4. The Labute approximate surface area is 362 Å². The van der Waals surface area contributed by atoms with Crippen LogP contribution in [0.1, 0.15) is 80.8 Å². The highest BCUT2D eigenvalue weighted by molar-refractivity contribution is 6.32. The lowest BCUT2D eigenvalue weighted by Crippen LogP contribution is -2.66. The number of nitrogens with zero attached hydrogens (tertiary/aromatic N) is 10. The molecule has 3 aromatic heterocycles. The van der Waals surface area contributed by atoms with Gasteiger partial charge in [-0.3, -0.25) is 33.8 Å². The molecule has 19 heteroatoms. The Kier molecular flexibility index (Phi) is 13.8. The van der Waals surface area contributed by atoms with Gasteiger partial charge in [0.2, 0.25) is 5.91 Å². The van der Waals surface area contributed by atoms with E-state index < -0.39 is 23.1 Å². The van der Waals surface area contributed by atoms with Gasteiger partial charge < -0.3 is 29.9 Å². The van der Waals surface area contributed by atoms with Crippen LogP contribution in [0, 0.1) is 0 Å². The predicted molar refractivity (Wildman–Crippen MR) is 229 cm³/mol. The van der Waals surface area contributed by atoms with E-state index in [0.717, 1.165) is 77.1 Å². The number of nitrogens with one attached hydrogen (secondary N) is 2. The van der Waals surface area contributed by atoms with Crippen LogP contribution in [0.2, 0.25) is 5.15 Å². The maximum Gasteiger partial charge on any atom is 0.410 e. The minimum Gasteiger partial charge on any atom is -0.444 e. The SMILES string of the molecule is CCCN1CCN(c2ccc(C(=O)NC34CCC(CN5CCN(C(=O)c6ccc(NC(=O)CN(CCn7ccnn7)C(=O)OC(C)(C)C)c(Cl)n6)CC5)(CC3)OC4)nc2)CC1. The summed E-state index contributed by atoms with van der Waals surface area (Å²) in [4.78, 5) is 72.0. The summed E-state index contributed by atoms with van der Waals surface area (Å²) in [5.74, 6) is -0.918. The summed E-state index contributed by atoms with van der Waals surface area (Å²) in [6, 6.07) is 6.91. The van der Waals surface area contributed by atoms with Crippen molar-refractivity contribution in [2.75, 3.05) is 95.4 Å². The van der Waals surface area contributed by atoms with Crippen LogP contribution in [-0.2, 0) is 20.8 Å². The first-order valence-electron chi connectivity index (χ1n) is 21.4. The summed E-state index contributed by atoms with van der Waals surface area (Å²) in [5, 5.41) is 13.6. The molecule has 8 rings (SSSR count). The first-order valence-corrected chi connectivity index (χ1v) is 21.8. The van der Waals surface area contributed by atoms with Crippen LogP contribution >= 0.6 is 11.6 Å². The lowest BCUT2D eigenvalue weighted by atomic mass is 9.70. The quantitative estimate of drug-likeness (QED) is 0.225. The van der Waals surface area contributed by atoms with Crippen molar-refractivity contribution in [2.45, 2.75) is 83.1 Å². The lowest BCUT2D eigenvalue weighted by molar-refractivity contribution is -0.170. The Hall–Kier alpha value is -4.91. The van der Waals surface area contributed by atoms with E-state index >= 15 is 0 Å². The van der Waals surface area contributed by atoms with Gasteiger partial charge in [-0.15, -0.1) is 5.10 Å². The first kappa shape index (κ1) is 44.2. The largest absolute Gasteiger partial charge is 0.444 e. The number of carbonyl (C=O) groups is 4. The molecule has 0 aromatic carbocycles. The molecule has 18 nitrogen and oxygen atoms in total. The molecule has 1 saturated carbocycles. The van der Waals surface area contributed by atoms with Crippen molar-refractivity contribution >= 4 is 46.8 Å². The van der Waals surface area contributed by atoms with E-state index in [-0.39, 0.29) is 47.0 Å². The smallest absolute Gasteiger partial charge is 0.410 e. The second-order valence-electron chi connectivity index (χ2n) is 17.7. The maximum absolute atomic E-state index is 13.5. The molecule has 3 aromatic rings. The zero-order chi connectivity index (χ0) is 43.2. The average Bonchev–Trinajstić information content (AvgIpc) is 3.77. The van der Waals surface area contributed by atoms with Gasteiger partial charge in [-0.25, -0.2) is 14.8 Å². The number of anilines is 2. The minimum atomic E-state index is -0.756. The minimum absolute atomic E-state index is 0.0385. The fourth-order valence-corrected chi connectivity index (χ4v) is 8.71. The number of carbonyl (C=O) groups excluding carboxylic acids is 4. The average molecular weight is 863 g/mol. The van der Waals surface area contributed by atoms with Gasteiger partial charge in [0.05, 0.1) is 48.1 Å². The fourth-order valence-electron chi connectivity index (χ4n) is 8.51. The van der Waals surface area contributed by atoms with E-state index in [1.807, 2.05) is 18.3 Å². The number of rotatable bonds is 14. The summed E-state index contributed by atoms with van der Waals surface area (Å²) < 4.78 is 13.6. The molecule has 1 aliphatic carbocycles. The third-order valence-electron chi connectivity index (χ3n) is 12.0. The van der Waals surface area contributed by atoms with E-state index in [2.05, 4.69) is 52.5 Å². The molecule has 2 bridgehead atoms. The zero-order valence-electron chi connectivity index (χ0n) is 35.8. The van der Waals surface area contributed by atoms with Crippen LogP contribution in [-0.4, -0.2) is 170 Å². The van der Waals surface area contributed by atoms with E-state index in [9.17, 15) is 19.2 Å². The molecule has 330 valence electrons. The number of aromatic nitrogens is 5. The molecule has 5 fully saturated rings. The number of pyridine rings is 2. The van der Waals surface area contributed by atoms with Crippen molar-refractivity contribution in [1.82, 2.24) is 49.9 Å². The predicted octanol–water partition coefficient (Wildman–Crippen LogP) is 3.40. The standard InChI is InChI=1S/C42H59ClN12O6/c1-5-15-50-17-21-52(22-18-50)31-6-7-33(44-27-31)37(57)48-41-10-12-42(13-11-41,60-30-41)29-51-19-23-53(24-20-51)38(58)34-9-8-32(36(43)47-34)46-35(56)28-54(39(59)61-40(2,3)4)25-26-55-16-14-45-49-55/h6-9,14,16,27H,5,10-13,15,17-26,28-30H2,1-4H3,(H,46,56)(H,48,57). The van der Waals surface area contributed by atoms with Crippen LogP contribution in [0.25, 0.3) is 0 Å². The molecule has 7 heterocycles. The second-order valence-corrected chi connectivity index (χ2v) is 18.0. The number of hydrogen-bond acceptors (Lipinski definition) is 13. The molecule has 4 saturated heterocycles. The summed E-state index contributed by atoms with van der Waals surface area (Å²) in [6.07, 6.45) is 8.88. The van der Waals surface area contributed by atoms with E-state index in [0.29, 0.717) is 45.0 Å². The number of fused-ring (bicyclic) bond motifs is 3.